The van der Waals surface area contributed by atoms with Gasteiger partial charge in [0.25, 0.3) is 0 Å². The Balaban J connectivity index is 0. The number of rotatable bonds is 10. The van der Waals surface area contributed by atoms with Gasteiger partial charge in [-0.2, -0.15) is 0 Å². The highest BCUT2D eigenvalue weighted by atomic mass is 31.2. The van der Waals surface area contributed by atoms with Crippen molar-refractivity contribution >= 4 is 7.82 Å². The van der Waals surface area contributed by atoms with Crippen LogP contribution in [0, 0.1) is 0 Å². The topological polar surface area (TPSA) is 87.0 Å². The SMILES string of the molecule is C=COCCCCCCCCCC.O=P(O)(O)O. The van der Waals surface area contributed by atoms with Gasteiger partial charge in [-0.15, -0.1) is 0 Å². The summed E-state index contributed by atoms with van der Waals surface area (Å²) in [4.78, 5) is 21.6. The third-order valence-electron chi connectivity index (χ3n) is 2.23. The molecular weight excluding hydrogens is 255 g/mol. The second kappa shape index (κ2) is 14.7. The lowest BCUT2D eigenvalue weighted by Gasteiger charge is -2.01. The van der Waals surface area contributed by atoms with Gasteiger partial charge in [-0.1, -0.05) is 58.4 Å². The Kier molecular flexibility index (Phi) is 16.3. The summed E-state index contributed by atoms with van der Waals surface area (Å²) < 4.78 is 13.9. The van der Waals surface area contributed by atoms with E-state index in [9.17, 15) is 0 Å². The molecule has 110 valence electrons. The van der Waals surface area contributed by atoms with Gasteiger partial charge in [0.05, 0.1) is 12.9 Å². The Hall–Kier alpha value is -0.350. The van der Waals surface area contributed by atoms with E-state index in [1.807, 2.05) is 0 Å². The maximum Gasteiger partial charge on any atom is 0.466 e. The van der Waals surface area contributed by atoms with Gasteiger partial charge in [0.1, 0.15) is 0 Å². The van der Waals surface area contributed by atoms with Crippen LogP contribution in [0.3, 0.4) is 0 Å². The van der Waals surface area contributed by atoms with Crippen LogP contribution in [-0.4, -0.2) is 21.3 Å². The zero-order valence-corrected chi connectivity index (χ0v) is 12.1. The van der Waals surface area contributed by atoms with Gasteiger partial charge in [0, 0.05) is 0 Å². The maximum atomic E-state index is 8.88. The van der Waals surface area contributed by atoms with Crippen molar-refractivity contribution < 1.29 is 24.0 Å². The molecule has 0 aliphatic carbocycles. The molecule has 0 aliphatic rings. The molecule has 0 amide bonds. The molecule has 0 aromatic rings. The zero-order valence-electron chi connectivity index (χ0n) is 11.3. The lowest BCUT2D eigenvalue weighted by Crippen LogP contribution is -1.87. The number of unbranched alkanes of at least 4 members (excludes halogenated alkanes) is 7. The molecule has 5 nitrogen and oxygen atoms in total. The first-order chi connectivity index (χ1) is 8.41. The van der Waals surface area contributed by atoms with Crippen molar-refractivity contribution in [1.29, 1.82) is 0 Å². The zero-order chi connectivity index (χ0) is 14.3. The fourth-order valence-electron chi connectivity index (χ4n) is 1.40. The number of hydrogen-bond donors (Lipinski definition) is 3. The van der Waals surface area contributed by atoms with E-state index >= 15 is 0 Å². The van der Waals surface area contributed by atoms with Crippen molar-refractivity contribution in [2.75, 3.05) is 6.61 Å². The van der Waals surface area contributed by atoms with E-state index < -0.39 is 7.82 Å². The molecule has 6 heteroatoms. The van der Waals surface area contributed by atoms with Crippen LogP contribution in [0.25, 0.3) is 0 Å². The summed E-state index contributed by atoms with van der Waals surface area (Å²) in [6, 6.07) is 0. The van der Waals surface area contributed by atoms with Crippen molar-refractivity contribution in [1.82, 2.24) is 0 Å². The third-order valence-corrected chi connectivity index (χ3v) is 2.23. The van der Waals surface area contributed by atoms with E-state index in [-0.39, 0.29) is 0 Å². The standard InChI is InChI=1S/C12H24O.H3O4P/c1-3-5-6-7-8-9-10-11-12-13-4-2;1-5(2,3)4/h4H,2-3,5-12H2,1H3;(H3,1,2,3,4). The molecule has 3 N–H and O–H groups in total. The Labute approximate surface area is 110 Å². The molecule has 0 fully saturated rings. The molecule has 0 aromatic carbocycles. The summed E-state index contributed by atoms with van der Waals surface area (Å²) in [7, 11) is -4.64. The first-order valence-corrected chi connectivity index (χ1v) is 7.99. The van der Waals surface area contributed by atoms with Crippen molar-refractivity contribution in [3.8, 4) is 0 Å². The quantitative estimate of drug-likeness (QED) is 0.325. The van der Waals surface area contributed by atoms with Crippen molar-refractivity contribution in [3.63, 3.8) is 0 Å². The van der Waals surface area contributed by atoms with E-state index in [2.05, 4.69) is 13.5 Å². The molecule has 0 aliphatic heterocycles. The number of ether oxygens (including phenoxy) is 1. The summed E-state index contributed by atoms with van der Waals surface area (Å²) in [5.74, 6) is 0. The Morgan fingerprint density at radius 1 is 1.00 bits per heavy atom. The van der Waals surface area contributed by atoms with Crippen LogP contribution >= 0.6 is 7.82 Å². The second-order valence-corrected chi connectivity index (χ2v) is 5.05. The molecular formula is C12H27O5P. The van der Waals surface area contributed by atoms with Crippen molar-refractivity contribution in [3.05, 3.63) is 12.8 Å². The number of hydrogen-bond acceptors (Lipinski definition) is 2. The molecule has 18 heavy (non-hydrogen) atoms. The van der Waals surface area contributed by atoms with Crippen LogP contribution in [0.4, 0.5) is 0 Å². The highest BCUT2D eigenvalue weighted by molar-refractivity contribution is 7.45. The molecule has 0 unspecified atom stereocenters. The van der Waals surface area contributed by atoms with Gasteiger partial charge < -0.3 is 19.4 Å². The lowest BCUT2D eigenvalue weighted by atomic mass is 10.1. The molecule has 0 saturated heterocycles. The van der Waals surface area contributed by atoms with Gasteiger partial charge in [0.15, 0.2) is 0 Å². The summed E-state index contributed by atoms with van der Waals surface area (Å²) in [6.07, 6.45) is 12.3. The summed E-state index contributed by atoms with van der Waals surface area (Å²) in [6.45, 7) is 6.61. The van der Waals surface area contributed by atoms with E-state index in [1.54, 1.807) is 0 Å². The van der Waals surface area contributed by atoms with E-state index in [4.69, 9.17) is 24.0 Å². The highest BCUT2D eigenvalue weighted by Crippen LogP contribution is 2.25. The second-order valence-electron chi connectivity index (χ2n) is 4.03. The molecule has 0 bridgehead atoms. The van der Waals surface area contributed by atoms with Gasteiger partial charge >= 0.3 is 7.82 Å². The first kappa shape index (κ1) is 20.0. The van der Waals surface area contributed by atoms with Crippen LogP contribution in [-0.2, 0) is 9.30 Å². The van der Waals surface area contributed by atoms with E-state index in [0.29, 0.717) is 0 Å². The molecule has 0 radical (unpaired) electrons. The Bertz CT molecular complexity index is 206. The van der Waals surface area contributed by atoms with Crippen LogP contribution in [0.2, 0.25) is 0 Å². The largest absolute Gasteiger partial charge is 0.502 e. The average Bonchev–Trinajstić information content (AvgIpc) is 2.25. The highest BCUT2D eigenvalue weighted by Gasteiger charge is 2.00. The summed E-state index contributed by atoms with van der Waals surface area (Å²) in [5.41, 5.74) is 0. The monoisotopic (exact) mass is 282 g/mol. The Morgan fingerprint density at radius 3 is 1.78 bits per heavy atom. The van der Waals surface area contributed by atoms with Crippen LogP contribution < -0.4 is 0 Å². The van der Waals surface area contributed by atoms with Gasteiger partial charge in [0.2, 0.25) is 0 Å². The predicted molar refractivity (Wildman–Crippen MR) is 73.0 cm³/mol. The number of phosphoric acid groups is 1. The van der Waals surface area contributed by atoms with Gasteiger partial charge in [-0.05, 0) is 6.42 Å². The van der Waals surface area contributed by atoms with Gasteiger partial charge in [-0.3, -0.25) is 0 Å². The minimum Gasteiger partial charge on any atom is -0.502 e. The molecule has 0 spiro atoms. The van der Waals surface area contributed by atoms with E-state index in [0.717, 1.165) is 6.61 Å². The minimum absolute atomic E-state index is 0.846. The van der Waals surface area contributed by atoms with Crippen LogP contribution in [0.15, 0.2) is 12.8 Å². The molecule has 0 heterocycles. The fourth-order valence-corrected chi connectivity index (χ4v) is 1.40. The lowest BCUT2D eigenvalue weighted by molar-refractivity contribution is 0.241. The van der Waals surface area contributed by atoms with Crippen molar-refractivity contribution in [2.24, 2.45) is 0 Å². The first-order valence-electron chi connectivity index (χ1n) is 6.42. The van der Waals surface area contributed by atoms with Crippen LogP contribution in [0.1, 0.15) is 58.3 Å². The average molecular weight is 282 g/mol. The molecule has 0 saturated carbocycles. The Morgan fingerprint density at radius 2 is 1.39 bits per heavy atom. The van der Waals surface area contributed by atoms with Crippen molar-refractivity contribution in [2.45, 2.75) is 58.3 Å². The van der Waals surface area contributed by atoms with Crippen LogP contribution in [0.5, 0.6) is 0 Å². The van der Waals surface area contributed by atoms with Gasteiger partial charge in [-0.25, -0.2) is 4.57 Å². The summed E-state index contributed by atoms with van der Waals surface area (Å²) >= 11 is 0. The fraction of sp³-hybridized carbons (Fsp3) is 0.833. The maximum absolute atomic E-state index is 8.88. The third kappa shape index (κ3) is 36.1. The summed E-state index contributed by atoms with van der Waals surface area (Å²) in [5, 5.41) is 0. The molecule has 0 atom stereocenters. The molecule has 0 aromatic heterocycles. The normalized spacial score (nSPS) is 10.4. The predicted octanol–water partition coefficient (Wildman–Crippen LogP) is 3.36. The molecule has 0 rings (SSSR count). The smallest absolute Gasteiger partial charge is 0.466 e. The van der Waals surface area contributed by atoms with E-state index in [1.165, 1.54) is 57.6 Å². The minimum atomic E-state index is -4.64.